The molecule has 0 saturated heterocycles. The molecule has 0 saturated carbocycles. The maximum Gasteiger partial charge on any atom is 0.255 e. The molecule has 1 heterocycles. The minimum Gasteiger partial charge on any atom is -0.326 e. The molecule has 3 rings (SSSR count). The van der Waals surface area contributed by atoms with Crippen LogP contribution in [0.15, 0.2) is 41.2 Å². The third-order valence-corrected chi connectivity index (χ3v) is 5.03. The van der Waals surface area contributed by atoms with Crippen LogP contribution >= 0.6 is 0 Å². The predicted octanol–water partition coefficient (Wildman–Crippen LogP) is 4.33. The lowest BCUT2D eigenvalue weighted by molar-refractivity contribution is 0.825. The number of aromatic nitrogens is 2. The van der Waals surface area contributed by atoms with E-state index in [1.165, 1.54) is 0 Å². The van der Waals surface area contributed by atoms with E-state index in [-0.39, 0.29) is 11.5 Å². The van der Waals surface area contributed by atoms with E-state index in [1.54, 1.807) is 31.2 Å². The normalized spacial score (nSPS) is 11.4. The second-order valence-corrected chi connectivity index (χ2v) is 7.10. The first-order valence-corrected chi connectivity index (χ1v) is 9.23. The van der Waals surface area contributed by atoms with Crippen molar-refractivity contribution < 1.29 is 0 Å². The van der Waals surface area contributed by atoms with E-state index in [0.29, 0.717) is 28.3 Å². The Morgan fingerprint density at radius 3 is 2.14 bits per heavy atom. The Bertz CT molecular complexity index is 1190. The van der Waals surface area contributed by atoms with Crippen LogP contribution in [0.2, 0.25) is 0 Å². The van der Waals surface area contributed by atoms with Crippen molar-refractivity contribution in [3.8, 4) is 12.1 Å². The SMILES string of the molecule is Cc1cc(C#N)cc(C)c1C(C)c1nc(Nc2ccc(C#N)cc2)[nH]c(=O)c1C. The summed E-state index contributed by atoms with van der Waals surface area (Å²) < 4.78 is 0. The van der Waals surface area contributed by atoms with Crippen LogP contribution in [0.4, 0.5) is 11.6 Å². The summed E-state index contributed by atoms with van der Waals surface area (Å²) in [6.45, 7) is 7.72. The van der Waals surface area contributed by atoms with Crippen molar-refractivity contribution >= 4 is 11.6 Å². The number of H-pyrrole nitrogens is 1. The second kappa shape index (κ2) is 8.00. The molecule has 0 aliphatic heterocycles. The molecule has 0 bridgehead atoms. The van der Waals surface area contributed by atoms with Crippen LogP contribution in [0.1, 0.15) is 51.9 Å². The molecular formula is C23H21N5O. The van der Waals surface area contributed by atoms with Gasteiger partial charge in [-0.3, -0.25) is 9.78 Å². The molecule has 1 aromatic heterocycles. The highest BCUT2D eigenvalue weighted by molar-refractivity contribution is 5.55. The Kier molecular flexibility index (Phi) is 5.47. The molecule has 0 fully saturated rings. The van der Waals surface area contributed by atoms with Crippen molar-refractivity contribution in [1.29, 1.82) is 10.5 Å². The summed E-state index contributed by atoms with van der Waals surface area (Å²) in [4.78, 5) is 20.0. The Balaban J connectivity index is 2.03. The molecule has 0 spiro atoms. The van der Waals surface area contributed by atoms with Gasteiger partial charge in [-0.25, -0.2) is 4.98 Å². The predicted molar refractivity (Wildman–Crippen MR) is 112 cm³/mol. The number of nitrogens with zero attached hydrogens (tertiary/aromatic N) is 3. The number of benzene rings is 2. The molecule has 2 aromatic carbocycles. The van der Waals surface area contributed by atoms with Gasteiger partial charge in [0, 0.05) is 17.2 Å². The number of nitrogens with one attached hydrogen (secondary N) is 2. The van der Waals surface area contributed by atoms with Crippen molar-refractivity contribution in [1.82, 2.24) is 9.97 Å². The number of anilines is 2. The smallest absolute Gasteiger partial charge is 0.255 e. The van der Waals surface area contributed by atoms with Gasteiger partial charge in [0.25, 0.3) is 5.56 Å². The number of nitriles is 2. The van der Waals surface area contributed by atoms with E-state index in [4.69, 9.17) is 5.26 Å². The van der Waals surface area contributed by atoms with Gasteiger partial charge in [0.1, 0.15) is 0 Å². The zero-order valence-electron chi connectivity index (χ0n) is 16.8. The Morgan fingerprint density at radius 1 is 1.00 bits per heavy atom. The van der Waals surface area contributed by atoms with E-state index in [9.17, 15) is 10.1 Å². The summed E-state index contributed by atoms with van der Waals surface area (Å²) in [5.74, 6) is 0.225. The molecule has 0 aliphatic rings. The lowest BCUT2D eigenvalue weighted by Crippen LogP contribution is -2.19. The van der Waals surface area contributed by atoms with E-state index < -0.39 is 0 Å². The summed E-state index contributed by atoms with van der Waals surface area (Å²) in [6.07, 6.45) is 0. The molecule has 144 valence electrons. The number of hydrogen-bond donors (Lipinski definition) is 2. The fraction of sp³-hybridized carbons (Fsp3) is 0.217. The Hall–Kier alpha value is -3.90. The lowest BCUT2D eigenvalue weighted by Gasteiger charge is -2.20. The van der Waals surface area contributed by atoms with Crippen LogP contribution < -0.4 is 10.9 Å². The number of aromatic amines is 1. The quantitative estimate of drug-likeness (QED) is 0.697. The molecule has 0 radical (unpaired) electrons. The molecule has 1 unspecified atom stereocenters. The second-order valence-electron chi connectivity index (χ2n) is 7.10. The van der Waals surface area contributed by atoms with Crippen LogP contribution in [0, 0.1) is 43.4 Å². The van der Waals surface area contributed by atoms with Crippen molar-refractivity contribution in [2.45, 2.75) is 33.6 Å². The van der Waals surface area contributed by atoms with Gasteiger partial charge in [0.05, 0.1) is 29.0 Å². The van der Waals surface area contributed by atoms with Crippen molar-refractivity contribution in [3.63, 3.8) is 0 Å². The zero-order valence-corrected chi connectivity index (χ0v) is 16.8. The molecular weight excluding hydrogens is 362 g/mol. The van der Waals surface area contributed by atoms with Gasteiger partial charge < -0.3 is 5.32 Å². The summed E-state index contributed by atoms with van der Waals surface area (Å²) in [7, 11) is 0. The number of aryl methyl sites for hydroxylation is 2. The monoisotopic (exact) mass is 383 g/mol. The van der Waals surface area contributed by atoms with Gasteiger partial charge >= 0.3 is 0 Å². The van der Waals surface area contributed by atoms with E-state index in [0.717, 1.165) is 22.4 Å². The fourth-order valence-corrected chi connectivity index (χ4v) is 3.65. The van der Waals surface area contributed by atoms with E-state index >= 15 is 0 Å². The topological polar surface area (TPSA) is 105 Å². The molecule has 3 aromatic rings. The fourth-order valence-electron chi connectivity index (χ4n) is 3.65. The highest BCUT2D eigenvalue weighted by Gasteiger charge is 2.20. The standard InChI is InChI=1S/C23H21N5O/c1-13-9-18(12-25)10-14(2)20(13)15(3)21-16(4)22(29)28-23(27-21)26-19-7-5-17(11-24)6-8-19/h5-10,15H,1-4H3,(H2,26,27,28,29). The molecule has 2 N–H and O–H groups in total. The third-order valence-electron chi connectivity index (χ3n) is 5.03. The number of hydrogen-bond acceptors (Lipinski definition) is 5. The van der Waals surface area contributed by atoms with Crippen LogP contribution in [-0.4, -0.2) is 9.97 Å². The maximum absolute atomic E-state index is 12.5. The van der Waals surface area contributed by atoms with E-state index in [2.05, 4.69) is 27.4 Å². The molecule has 0 amide bonds. The highest BCUT2D eigenvalue weighted by Crippen LogP contribution is 2.31. The van der Waals surface area contributed by atoms with Gasteiger partial charge in [-0.15, -0.1) is 0 Å². The molecule has 29 heavy (non-hydrogen) atoms. The molecule has 1 atom stereocenters. The Labute approximate surface area is 169 Å². The molecule has 0 aliphatic carbocycles. The largest absolute Gasteiger partial charge is 0.326 e. The highest BCUT2D eigenvalue weighted by atomic mass is 16.1. The first-order valence-electron chi connectivity index (χ1n) is 9.23. The van der Waals surface area contributed by atoms with Gasteiger partial charge in [-0.1, -0.05) is 6.92 Å². The average molecular weight is 383 g/mol. The van der Waals surface area contributed by atoms with Gasteiger partial charge in [0.15, 0.2) is 0 Å². The van der Waals surface area contributed by atoms with Crippen molar-refractivity contribution in [3.05, 3.63) is 85.8 Å². The van der Waals surface area contributed by atoms with Crippen LogP contribution in [0.5, 0.6) is 0 Å². The maximum atomic E-state index is 12.5. The number of rotatable bonds is 4. The van der Waals surface area contributed by atoms with Gasteiger partial charge in [0.2, 0.25) is 5.95 Å². The van der Waals surface area contributed by atoms with Gasteiger partial charge in [-0.2, -0.15) is 10.5 Å². The average Bonchev–Trinajstić information content (AvgIpc) is 2.70. The van der Waals surface area contributed by atoms with Crippen LogP contribution in [0.3, 0.4) is 0 Å². The van der Waals surface area contributed by atoms with Gasteiger partial charge in [-0.05, 0) is 73.9 Å². The first kappa shape index (κ1) is 19.9. The lowest BCUT2D eigenvalue weighted by atomic mass is 9.87. The minimum absolute atomic E-state index is 0.119. The Morgan fingerprint density at radius 2 is 1.59 bits per heavy atom. The minimum atomic E-state index is -0.207. The van der Waals surface area contributed by atoms with Crippen molar-refractivity contribution in [2.24, 2.45) is 0 Å². The summed E-state index contributed by atoms with van der Waals surface area (Å²) >= 11 is 0. The summed E-state index contributed by atoms with van der Waals surface area (Å²) in [5.41, 5.74) is 6.00. The first-order chi connectivity index (χ1) is 13.8. The molecule has 6 heteroatoms. The van der Waals surface area contributed by atoms with E-state index in [1.807, 2.05) is 32.9 Å². The molecule has 6 nitrogen and oxygen atoms in total. The summed E-state index contributed by atoms with van der Waals surface area (Å²) in [5, 5.41) is 21.2. The zero-order chi connectivity index (χ0) is 21.1. The summed E-state index contributed by atoms with van der Waals surface area (Å²) in [6, 6.07) is 14.9. The van der Waals surface area contributed by atoms with Crippen molar-refractivity contribution in [2.75, 3.05) is 5.32 Å². The van der Waals surface area contributed by atoms with Crippen LogP contribution in [0.25, 0.3) is 0 Å². The third kappa shape index (κ3) is 4.02. The van der Waals surface area contributed by atoms with Crippen LogP contribution in [-0.2, 0) is 0 Å².